The van der Waals surface area contributed by atoms with Gasteiger partial charge >= 0.3 is 0 Å². The third-order valence-electron chi connectivity index (χ3n) is 8.52. The normalized spacial score (nSPS) is 14.4. The molecule has 0 saturated carbocycles. The van der Waals surface area contributed by atoms with Crippen molar-refractivity contribution in [2.24, 2.45) is 5.92 Å². The molecule has 6 rings (SSSR count). The molecule has 3 aromatic carbocycles. The van der Waals surface area contributed by atoms with E-state index in [2.05, 4.69) is 50.5 Å². The van der Waals surface area contributed by atoms with Crippen LogP contribution in [0.1, 0.15) is 51.1 Å². The number of nitrogens with zero attached hydrogens (tertiary/aromatic N) is 6. The van der Waals surface area contributed by atoms with Crippen molar-refractivity contribution in [2.75, 3.05) is 25.0 Å². The van der Waals surface area contributed by atoms with Crippen molar-refractivity contribution < 1.29 is 9.13 Å². The molecule has 8 nitrogen and oxygen atoms in total. The lowest BCUT2D eigenvalue weighted by atomic mass is 9.99. The highest BCUT2D eigenvalue weighted by Crippen LogP contribution is 2.33. The number of piperidine rings is 1. The van der Waals surface area contributed by atoms with Gasteiger partial charge in [-0.05, 0) is 66.8 Å². The number of fused-ring (bicyclic) bond motifs is 1. The van der Waals surface area contributed by atoms with E-state index in [1.54, 1.807) is 24.3 Å². The number of rotatable bonds is 11. The van der Waals surface area contributed by atoms with E-state index in [4.69, 9.17) is 16.3 Å². The standard InChI is InChI=1S/C34H37ClFN7O/c1-3-23(4-2)19-42-14-12-28(13-15-42)43-20-32(40-41-43)25-8-10-31-29(17-25)34(38-22-37-31)39-27-9-11-33(30(35)18-27)44-21-24-6-5-7-26(36)16-24/h5-11,16-18,20,22-23,28H,3-4,12-15,19,21H2,1-2H3,(H,37,38,39). The first-order valence-electron chi connectivity index (χ1n) is 15.3. The lowest BCUT2D eigenvalue weighted by Crippen LogP contribution is -2.37. The molecule has 2 aromatic heterocycles. The first-order valence-corrected chi connectivity index (χ1v) is 15.7. The van der Waals surface area contributed by atoms with E-state index in [9.17, 15) is 4.39 Å². The van der Waals surface area contributed by atoms with Crippen LogP contribution in [-0.4, -0.2) is 49.5 Å². The molecule has 0 aliphatic carbocycles. The molecule has 5 aromatic rings. The van der Waals surface area contributed by atoms with Gasteiger partial charge in [0.05, 0.1) is 22.8 Å². The van der Waals surface area contributed by atoms with Crippen molar-refractivity contribution in [2.45, 2.75) is 52.2 Å². The molecular weight excluding hydrogens is 577 g/mol. The van der Waals surface area contributed by atoms with Crippen LogP contribution in [0, 0.1) is 11.7 Å². The highest BCUT2D eigenvalue weighted by molar-refractivity contribution is 6.32. The maximum atomic E-state index is 13.5. The molecule has 1 N–H and O–H groups in total. The van der Waals surface area contributed by atoms with Crippen LogP contribution < -0.4 is 10.1 Å². The van der Waals surface area contributed by atoms with Crippen LogP contribution in [0.4, 0.5) is 15.9 Å². The van der Waals surface area contributed by atoms with Crippen LogP contribution in [0.5, 0.6) is 5.75 Å². The summed E-state index contributed by atoms with van der Waals surface area (Å²) in [6.45, 7) is 8.19. The van der Waals surface area contributed by atoms with Crippen molar-refractivity contribution in [3.8, 4) is 17.0 Å². The summed E-state index contributed by atoms with van der Waals surface area (Å²) < 4.78 is 21.4. The fourth-order valence-electron chi connectivity index (χ4n) is 5.80. The lowest BCUT2D eigenvalue weighted by molar-refractivity contribution is 0.153. The van der Waals surface area contributed by atoms with E-state index in [1.807, 2.05) is 28.9 Å². The number of nitrogens with one attached hydrogen (secondary N) is 1. The molecule has 0 unspecified atom stereocenters. The van der Waals surface area contributed by atoms with E-state index in [0.717, 1.165) is 65.3 Å². The lowest BCUT2D eigenvalue weighted by Gasteiger charge is -2.33. The average molecular weight is 614 g/mol. The fraction of sp³-hybridized carbons (Fsp3) is 0.353. The molecule has 0 amide bonds. The van der Waals surface area contributed by atoms with Gasteiger partial charge in [-0.15, -0.1) is 5.10 Å². The van der Waals surface area contributed by atoms with Gasteiger partial charge in [0.25, 0.3) is 0 Å². The third kappa shape index (κ3) is 7.00. The zero-order valence-electron chi connectivity index (χ0n) is 25.1. The topological polar surface area (TPSA) is 81.0 Å². The summed E-state index contributed by atoms with van der Waals surface area (Å²) in [7, 11) is 0. The van der Waals surface area contributed by atoms with Crippen molar-refractivity contribution >= 4 is 34.0 Å². The fourth-order valence-corrected chi connectivity index (χ4v) is 6.04. The Morgan fingerprint density at radius 2 is 1.86 bits per heavy atom. The molecule has 0 spiro atoms. The molecule has 1 saturated heterocycles. The summed E-state index contributed by atoms with van der Waals surface area (Å²) >= 11 is 6.53. The number of benzene rings is 3. The number of ether oxygens (including phenoxy) is 1. The van der Waals surface area contributed by atoms with Crippen LogP contribution in [0.3, 0.4) is 0 Å². The van der Waals surface area contributed by atoms with Crippen LogP contribution >= 0.6 is 11.6 Å². The van der Waals surface area contributed by atoms with Gasteiger partial charge in [-0.25, -0.2) is 19.0 Å². The summed E-state index contributed by atoms with van der Waals surface area (Å²) in [5, 5.41) is 13.7. The van der Waals surface area contributed by atoms with Gasteiger partial charge in [0.1, 0.15) is 36.0 Å². The van der Waals surface area contributed by atoms with Crippen LogP contribution in [0.15, 0.2) is 73.2 Å². The second-order valence-corrected chi connectivity index (χ2v) is 11.8. The summed E-state index contributed by atoms with van der Waals surface area (Å²) in [5.74, 6) is 1.64. The molecule has 3 heterocycles. The minimum atomic E-state index is -0.301. The van der Waals surface area contributed by atoms with Crippen molar-refractivity contribution in [3.63, 3.8) is 0 Å². The van der Waals surface area contributed by atoms with Crippen molar-refractivity contribution in [3.05, 3.63) is 89.6 Å². The first kappa shape index (κ1) is 30.0. The van der Waals surface area contributed by atoms with Gasteiger partial charge in [0, 0.05) is 36.3 Å². The summed E-state index contributed by atoms with van der Waals surface area (Å²) in [6, 6.07) is 18.1. The van der Waals surface area contributed by atoms with E-state index in [0.29, 0.717) is 22.6 Å². The first-order chi connectivity index (χ1) is 21.5. The predicted molar refractivity (Wildman–Crippen MR) is 173 cm³/mol. The van der Waals surface area contributed by atoms with Gasteiger partial charge < -0.3 is 15.0 Å². The highest BCUT2D eigenvalue weighted by Gasteiger charge is 2.23. The second-order valence-electron chi connectivity index (χ2n) is 11.4. The van der Waals surface area contributed by atoms with Gasteiger partial charge in [-0.3, -0.25) is 0 Å². The average Bonchev–Trinajstić information content (AvgIpc) is 3.54. The minimum absolute atomic E-state index is 0.214. The summed E-state index contributed by atoms with van der Waals surface area (Å²) in [5.41, 5.74) is 4.06. The number of aromatic nitrogens is 5. The van der Waals surface area contributed by atoms with Gasteiger partial charge in [0.15, 0.2) is 0 Å². The Morgan fingerprint density at radius 1 is 1.02 bits per heavy atom. The Balaban J connectivity index is 1.14. The zero-order chi connectivity index (χ0) is 30.5. The van der Waals surface area contributed by atoms with Crippen molar-refractivity contribution in [1.29, 1.82) is 0 Å². The van der Waals surface area contributed by atoms with Gasteiger partial charge in [0.2, 0.25) is 0 Å². The van der Waals surface area contributed by atoms with Gasteiger partial charge in [-0.2, -0.15) is 0 Å². The largest absolute Gasteiger partial charge is 0.487 e. The Hall–Kier alpha value is -4.08. The molecule has 0 atom stereocenters. The maximum Gasteiger partial charge on any atom is 0.141 e. The molecule has 44 heavy (non-hydrogen) atoms. The van der Waals surface area contributed by atoms with E-state index in [1.165, 1.54) is 37.8 Å². The number of anilines is 2. The molecular formula is C34H37ClFN7O. The Kier molecular flexibility index (Phi) is 9.33. The number of hydrogen-bond acceptors (Lipinski definition) is 7. The second kappa shape index (κ2) is 13.7. The third-order valence-corrected chi connectivity index (χ3v) is 8.82. The number of halogens is 2. The summed E-state index contributed by atoms with van der Waals surface area (Å²) in [6.07, 6.45) is 8.24. The Bertz CT molecular complexity index is 1720. The number of hydrogen-bond donors (Lipinski definition) is 1. The molecule has 0 bridgehead atoms. The molecule has 1 fully saturated rings. The SMILES string of the molecule is CCC(CC)CN1CCC(n2cc(-c3ccc4ncnc(Nc5ccc(OCc6cccc(F)c6)c(Cl)c5)c4c3)nn2)CC1. The van der Waals surface area contributed by atoms with E-state index in [-0.39, 0.29) is 12.4 Å². The quantitative estimate of drug-likeness (QED) is 0.161. The van der Waals surface area contributed by atoms with E-state index >= 15 is 0 Å². The molecule has 10 heteroatoms. The smallest absolute Gasteiger partial charge is 0.141 e. The highest BCUT2D eigenvalue weighted by atomic mass is 35.5. The minimum Gasteiger partial charge on any atom is -0.487 e. The number of likely N-dealkylation sites (tertiary alicyclic amines) is 1. The van der Waals surface area contributed by atoms with Crippen LogP contribution in [-0.2, 0) is 6.61 Å². The maximum absolute atomic E-state index is 13.5. The predicted octanol–water partition coefficient (Wildman–Crippen LogP) is 8.08. The summed E-state index contributed by atoms with van der Waals surface area (Å²) in [4.78, 5) is 11.6. The Labute approximate surface area is 262 Å². The van der Waals surface area contributed by atoms with Crippen molar-refractivity contribution in [1.82, 2.24) is 29.9 Å². The monoisotopic (exact) mass is 613 g/mol. The van der Waals surface area contributed by atoms with Gasteiger partial charge in [-0.1, -0.05) is 61.7 Å². The molecule has 0 radical (unpaired) electrons. The Morgan fingerprint density at radius 3 is 2.64 bits per heavy atom. The van der Waals surface area contributed by atoms with Crippen LogP contribution in [0.25, 0.3) is 22.2 Å². The molecule has 228 valence electrons. The molecule has 1 aliphatic heterocycles. The van der Waals surface area contributed by atoms with Crippen LogP contribution in [0.2, 0.25) is 5.02 Å². The molecule has 1 aliphatic rings. The zero-order valence-corrected chi connectivity index (χ0v) is 25.8. The van der Waals surface area contributed by atoms with E-state index < -0.39 is 0 Å².